The average Bonchev–Trinajstić information content (AvgIpc) is 3.24. The molecule has 2 aliphatic heterocycles. The van der Waals surface area contributed by atoms with E-state index in [4.69, 9.17) is 16.3 Å². The predicted molar refractivity (Wildman–Crippen MR) is 111 cm³/mol. The summed E-state index contributed by atoms with van der Waals surface area (Å²) in [5, 5.41) is 6.50. The van der Waals surface area contributed by atoms with Crippen molar-refractivity contribution in [3.8, 4) is 10.6 Å². The van der Waals surface area contributed by atoms with Crippen molar-refractivity contribution < 1.29 is 14.3 Å². The molecule has 0 spiro atoms. The standard InChI is InChI=1S/C19H22ClN5O3S/c1-2-21-16(26)10-25-9-15-12(18(25)27)7-14(29-15)17-13(20)8-22-19(24-17)23-11-3-5-28-6-4-11/h7-8,11H,2-6,9-10H2,1H3,(H,21,26)(H,22,23,24). The molecule has 29 heavy (non-hydrogen) atoms. The van der Waals surface area contributed by atoms with Crippen LogP contribution in [0.5, 0.6) is 0 Å². The first kappa shape index (κ1) is 20.1. The highest BCUT2D eigenvalue weighted by atomic mass is 35.5. The van der Waals surface area contributed by atoms with Gasteiger partial charge in [-0.05, 0) is 25.8 Å². The molecule has 2 N–H and O–H groups in total. The summed E-state index contributed by atoms with van der Waals surface area (Å²) in [5.41, 5.74) is 1.22. The summed E-state index contributed by atoms with van der Waals surface area (Å²) >= 11 is 7.83. The van der Waals surface area contributed by atoms with E-state index in [1.807, 2.05) is 13.0 Å². The van der Waals surface area contributed by atoms with Crippen LogP contribution in [0.4, 0.5) is 5.95 Å². The quantitative estimate of drug-likeness (QED) is 0.723. The highest BCUT2D eigenvalue weighted by molar-refractivity contribution is 7.16. The van der Waals surface area contributed by atoms with E-state index in [9.17, 15) is 9.59 Å². The summed E-state index contributed by atoms with van der Waals surface area (Å²) in [4.78, 5) is 36.6. The Morgan fingerprint density at radius 2 is 2.21 bits per heavy atom. The average molecular weight is 436 g/mol. The molecule has 0 radical (unpaired) electrons. The molecule has 0 aromatic carbocycles. The summed E-state index contributed by atoms with van der Waals surface area (Å²) < 4.78 is 5.38. The summed E-state index contributed by atoms with van der Waals surface area (Å²) in [6.45, 7) is 4.34. The van der Waals surface area contributed by atoms with Gasteiger partial charge in [0.1, 0.15) is 12.2 Å². The van der Waals surface area contributed by atoms with E-state index >= 15 is 0 Å². The van der Waals surface area contributed by atoms with Gasteiger partial charge >= 0.3 is 0 Å². The van der Waals surface area contributed by atoms with Gasteiger partial charge in [0, 0.05) is 30.7 Å². The molecule has 2 aliphatic rings. The number of amides is 2. The number of nitrogens with one attached hydrogen (secondary N) is 2. The van der Waals surface area contributed by atoms with E-state index in [2.05, 4.69) is 20.6 Å². The Kier molecular flexibility index (Phi) is 5.98. The minimum absolute atomic E-state index is 0.0663. The predicted octanol–water partition coefficient (Wildman–Crippen LogP) is 2.54. The summed E-state index contributed by atoms with van der Waals surface area (Å²) in [5.74, 6) is 0.229. The van der Waals surface area contributed by atoms with Crippen molar-refractivity contribution in [2.24, 2.45) is 0 Å². The van der Waals surface area contributed by atoms with Gasteiger partial charge in [-0.25, -0.2) is 9.97 Å². The largest absolute Gasteiger partial charge is 0.381 e. The molecule has 2 aromatic rings. The van der Waals surface area contributed by atoms with Crippen molar-refractivity contribution in [1.82, 2.24) is 20.2 Å². The minimum atomic E-state index is -0.154. The molecule has 1 fully saturated rings. The molecule has 2 amide bonds. The van der Waals surface area contributed by atoms with Crippen LogP contribution in [0.15, 0.2) is 12.3 Å². The van der Waals surface area contributed by atoms with E-state index < -0.39 is 0 Å². The smallest absolute Gasteiger partial charge is 0.255 e. The number of likely N-dealkylation sites (N-methyl/N-ethyl adjacent to an activating group) is 1. The van der Waals surface area contributed by atoms with Crippen LogP contribution in [-0.4, -0.2) is 59.0 Å². The number of nitrogens with zero attached hydrogens (tertiary/aromatic N) is 3. The monoisotopic (exact) mass is 435 g/mol. The number of thiophene rings is 1. The zero-order valence-electron chi connectivity index (χ0n) is 16.0. The van der Waals surface area contributed by atoms with Crippen LogP contribution in [0.2, 0.25) is 5.02 Å². The number of ether oxygens (including phenoxy) is 1. The number of rotatable bonds is 6. The molecule has 0 saturated carbocycles. The van der Waals surface area contributed by atoms with Crippen molar-refractivity contribution in [2.75, 3.05) is 31.6 Å². The second-order valence-electron chi connectivity index (χ2n) is 6.98. The zero-order chi connectivity index (χ0) is 20.4. The number of anilines is 1. The number of halogens is 1. The van der Waals surface area contributed by atoms with Gasteiger partial charge in [0.05, 0.1) is 28.2 Å². The molecule has 4 heterocycles. The molecule has 0 unspecified atom stereocenters. The summed E-state index contributed by atoms with van der Waals surface area (Å²) in [6.07, 6.45) is 3.40. The molecular formula is C19H22ClN5O3S. The lowest BCUT2D eigenvalue weighted by Crippen LogP contribution is -2.37. The third kappa shape index (κ3) is 4.36. The Balaban J connectivity index is 1.51. The van der Waals surface area contributed by atoms with Gasteiger partial charge in [0.25, 0.3) is 5.91 Å². The topological polar surface area (TPSA) is 96.5 Å². The fraction of sp³-hybridized carbons (Fsp3) is 0.474. The SMILES string of the molecule is CCNC(=O)CN1Cc2sc(-c3nc(NC4CCOCC4)ncc3Cl)cc2C1=O. The molecule has 10 heteroatoms. The van der Waals surface area contributed by atoms with Crippen LogP contribution in [0.25, 0.3) is 10.6 Å². The van der Waals surface area contributed by atoms with Gasteiger partial charge in [0.15, 0.2) is 0 Å². The molecule has 2 aromatic heterocycles. The van der Waals surface area contributed by atoms with Crippen molar-refractivity contribution in [1.29, 1.82) is 0 Å². The first-order valence-electron chi connectivity index (χ1n) is 9.61. The maximum atomic E-state index is 12.7. The van der Waals surface area contributed by atoms with E-state index in [0.29, 0.717) is 35.3 Å². The van der Waals surface area contributed by atoms with E-state index in [0.717, 1.165) is 35.8 Å². The van der Waals surface area contributed by atoms with Crippen LogP contribution in [0, 0.1) is 0 Å². The Labute approximate surface area is 177 Å². The normalized spacial score (nSPS) is 16.8. The summed E-state index contributed by atoms with van der Waals surface area (Å²) in [7, 11) is 0. The van der Waals surface area contributed by atoms with Crippen LogP contribution in [-0.2, 0) is 16.1 Å². The fourth-order valence-corrected chi connectivity index (χ4v) is 4.87. The highest BCUT2D eigenvalue weighted by Crippen LogP contribution is 2.38. The molecule has 0 atom stereocenters. The molecular weight excluding hydrogens is 414 g/mol. The highest BCUT2D eigenvalue weighted by Gasteiger charge is 2.32. The van der Waals surface area contributed by atoms with E-state index in [-0.39, 0.29) is 24.4 Å². The Morgan fingerprint density at radius 3 is 2.93 bits per heavy atom. The van der Waals surface area contributed by atoms with E-state index in [1.165, 1.54) is 11.3 Å². The Hall–Kier alpha value is -2.23. The second kappa shape index (κ2) is 8.64. The van der Waals surface area contributed by atoms with Crippen molar-refractivity contribution in [3.63, 3.8) is 0 Å². The Bertz CT molecular complexity index is 929. The third-order valence-corrected chi connectivity index (χ3v) is 6.30. The lowest BCUT2D eigenvalue weighted by atomic mass is 10.1. The summed E-state index contributed by atoms with van der Waals surface area (Å²) in [6, 6.07) is 2.09. The molecule has 0 bridgehead atoms. The first-order valence-corrected chi connectivity index (χ1v) is 10.8. The molecule has 1 saturated heterocycles. The van der Waals surface area contributed by atoms with Gasteiger partial charge in [-0.2, -0.15) is 0 Å². The van der Waals surface area contributed by atoms with Gasteiger partial charge in [-0.1, -0.05) is 11.6 Å². The lowest BCUT2D eigenvalue weighted by molar-refractivity contribution is -0.121. The molecule has 154 valence electrons. The number of hydrogen-bond acceptors (Lipinski definition) is 7. The zero-order valence-corrected chi connectivity index (χ0v) is 17.6. The number of fused-ring (bicyclic) bond motifs is 1. The van der Waals surface area contributed by atoms with Crippen LogP contribution < -0.4 is 10.6 Å². The van der Waals surface area contributed by atoms with Crippen LogP contribution in [0.3, 0.4) is 0 Å². The number of aromatic nitrogens is 2. The maximum absolute atomic E-state index is 12.7. The van der Waals surface area contributed by atoms with Gasteiger partial charge in [0.2, 0.25) is 11.9 Å². The third-order valence-electron chi connectivity index (χ3n) is 4.90. The number of hydrogen-bond donors (Lipinski definition) is 2. The number of carbonyl (C=O) groups is 2. The van der Waals surface area contributed by atoms with Gasteiger partial charge in [-0.15, -0.1) is 11.3 Å². The molecule has 4 rings (SSSR count). The van der Waals surface area contributed by atoms with Gasteiger partial charge < -0.3 is 20.3 Å². The Morgan fingerprint density at radius 1 is 1.41 bits per heavy atom. The van der Waals surface area contributed by atoms with Crippen molar-refractivity contribution in [2.45, 2.75) is 32.4 Å². The van der Waals surface area contributed by atoms with E-state index in [1.54, 1.807) is 11.1 Å². The molecule has 8 nitrogen and oxygen atoms in total. The van der Waals surface area contributed by atoms with Crippen LogP contribution in [0.1, 0.15) is 35.0 Å². The first-order chi connectivity index (χ1) is 14.0. The number of carbonyl (C=O) groups excluding carboxylic acids is 2. The van der Waals surface area contributed by atoms with Crippen molar-refractivity contribution in [3.05, 3.63) is 27.7 Å². The fourth-order valence-electron chi connectivity index (χ4n) is 3.45. The molecule has 0 aliphatic carbocycles. The van der Waals surface area contributed by atoms with Crippen molar-refractivity contribution >= 4 is 40.7 Å². The van der Waals surface area contributed by atoms with Gasteiger partial charge in [-0.3, -0.25) is 9.59 Å². The van der Waals surface area contributed by atoms with Crippen LogP contribution >= 0.6 is 22.9 Å². The maximum Gasteiger partial charge on any atom is 0.255 e. The minimum Gasteiger partial charge on any atom is -0.381 e. The lowest BCUT2D eigenvalue weighted by Gasteiger charge is -2.23. The second-order valence-corrected chi connectivity index (χ2v) is 8.53.